The first-order chi connectivity index (χ1) is 13.2. The summed E-state index contributed by atoms with van der Waals surface area (Å²) in [6.07, 6.45) is 4.57. The summed E-state index contributed by atoms with van der Waals surface area (Å²) in [6, 6.07) is 6.00. The van der Waals surface area contributed by atoms with E-state index in [0.29, 0.717) is 13.1 Å². The monoisotopic (exact) mass is 384 g/mol. The quantitative estimate of drug-likeness (QED) is 0.669. The molecule has 2 aromatic rings. The molecule has 0 bridgehead atoms. The molecule has 0 aliphatic heterocycles. The fourth-order valence-electron chi connectivity index (χ4n) is 3.39. The van der Waals surface area contributed by atoms with Gasteiger partial charge >= 0.3 is 5.97 Å². The Hall–Kier alpha value is -2.31. The van der Waals surface area contributed by atoms with E-state index in [1.54, 1.807) is 6.20 Å². The molecule has 2 aromatic heterocycles. The van der Waals surface area contributed by atoms with E-state index < -0.39 is 5.60 Å². The number of esters is 1. The van der Waals surface area contributed by atoms with Gasteiger partial charge in [0.25, 0.3) is 0 Å². The number of carbonyl (C=O) groups is 1. The number of nitrogens with zero attached hydrogens (tertiary/aromatic N) is 3. The van der Waals surface area contributed by atoms with Crippen LogP contribution in [0, 0.1) is 13.8 Å². The van der Waals surface area contributed by atoms with Crippen LogP contribution in [0.4, 0.5) is 0 Å². The van der Waals surface area contributed by atoms with Crippen LogP contribution in [-0.2, 0) is 28.2 Å². The Balaban J connectivity index is 2.28. The van der Waals surface area contributed by atoms with Crippen LogP contribution in [0.3, 0.4) is 0 Å². The Morgan fingerprint density at radius 1 is 1.21 bits per heavy atom. The lowest BCUT2D eigenvalue weighted by atomic mass is 9.96. The van der Waals surface area contributed by atoms with Gasteiger partial charge in [0.2, 0.25) is 0 Å². The minimum absolute atomic E-state index is 0.306. The Bertz CT molecular complexity index is 805. The van der Waals surface area contributed by atoms with Crippen molar-refractivity contribution in [2.75, 3.05) is 13.1 Å². The zero-order valence-electron chi connectivity index (χ0n) is 17.7. The lowest BCUT2D eigenvalue weighted by molar-refractivity contribution is -0.154. The molecular formula is C22H32N4O2. The third-order valence-electron chi connectivity index (χ3n) is 4.69. The van der Waals surface area contributed by atoms with E-state index in [4.69, 9.17) is 10.5 Å². The minimum atomic E-state index is -0.743. The largest absolute Gasteiger partial charge is 0.455 e. The van der Waals surface area contributed by atoms with Crippen LogP contribution in [-0.4, -0.2) is 33.9 Å². The third kappa shape index (κ3) is 6.11. The van der Waals surface area contributed by atoms with E-state index in [1.807, 2.05) is 39.1 Å². The zero-order valence-corrected chi connectivity index (χ0v) is 17.7. The van der Waals surface area contributed by atoms with Crippen LogP contribution in [0.1, 0.15) is 55.3 Å². The van der Waals surface area contributed by atoms with Gasteiger partial charge in [0.15, 0.2) is 0 Å². The Labute approximate surface area is 168 Å². The maximum Gasteiger partial charge on any atom is 0.303 e. The van der Waals surface area contributed by atoms with Crippen molar-refractivity contribution in [1.29, 1.82) is 0 Å². The highest BCUT2D eigenvalue weighted by molar-refractivity contribution is 5.66. The van der Waals surface area contributed by atoms with Gasteiger partial charge in [-0.2, -0.15) is 0 Å². The normalized spacial score (nSPS) is 11.7. The van der Waals surface area contributed by atoms with Crippen LogP contribution < -0.4 is 5.73 Å². The first-order valence-electron chi connectivity index (χ1n) is 9.71. The fourth-order valence-corrected chi connectivity index (χ4v) is 3.39. The second kappa shape index (κ2) is 9.75. The molecule has 152 valence electrons. The number of aryl methyl sites for hydroxylation is 2. The van der Waals surface area contributed by atoms with Crippen LogP contribution in [0.5, 0.6) is 0 Å². The summed E-state index contributed by atoms with van der Waals surface area (Å²) in [5, 5.41) is 0. The molecular weight excluding hydrogens is 352 g/mol. The number of nitrogens with two attached hydrogens (primary N) is 1. The van der Waals surface area contributed by atoms with Crippen molar-refractivity contribution in [3.8, 4) is 0 Å². The third-order valence-corrected chi connectivity index (χ3v) is 4.69. The van der Waals surface area contributed by atoms with Gasteiger partial charge in [-0.3, -0.25) is 19.7 Å². The predicted octanol–water partition coefficient (Wildman–Crippen LogP) is 3.24. The molecule has 0 fully saturated rings. The summed E-state index contributed by atoms with van der Waals surface area (Å²) in [5.74, 6) is -0.306. The smallest absolute Gasteiger partial charge is 0.303 e. The molecule has 6 nitrogen and oxygen atoms in total. The van der Waals surface area contributed by atoms with Crippen molar-refractivity contribution in [1.82, 2.24) is 14.9 Å². The van der Waals surface area contributed by atoms with Gasteiger partial charge in [-0.25, -0.2) is 0 Å². The second-order valence-corrected chi connectivity index (χ2v) is 7.73. The molecule has 0 spiro atoms. The topological polar surface area (TPSA) is 81.3 Å². The number of pyridine rings is 2. The van der Waals surface area contributed by atoms with E-state index in [1.165, 1.54) is 12.5 Å². The van der Waals surface area contributed by atoms with Crippen LogP contribution in [0.25, 0.3) is 0 Å². The highest BCUT2D eigenvalue weighted by atomic mass is 16.6. The first kappa shape index (κ1) is 22.0. The van der Waals surface area contributed by atoms with Crippen molar-refractivity contribution in [2.24, 2.45) is 5.73 Å². The first-order valence-corrected chi connectivity index (χ1v) is 9.71. The SMILES string of the molecule is CC(=O)OC(C)(C)c1cccnc1CN(CCCN)Cc1ncc(C)cc1C. The highest BCUT2D eigenvalue weighted by Crippen LogP contribution is 2.28. The molecule has 0 unspecified atom stereocenters. The average Bonchev–Trinajstić information content (AvgIpc) is 2.61. The van der Waals surface area contributed by atoms with Crippen molar-refractivity contribution in [2.45, 2.75) is 59.7 Å². The molecule has 0 radical (unpaired) electrons. The second-order valence-electron chi connectivity index (χ2n) is 7.73. The van der Waals surface area contributed by atoms with Gasteiger partial charge in [0.05, 0.1) is 11.4 Å². The van der Waals surface area contributed by atoms with E-state index in [0.717, 1.165) is 42.0 Å². The average molecular weight is 385 g/mol. The Kier molecular flexibility index (Phi) is 7.66. The summed E-state index contributed by atoms with van der Waals surface area (Å²) in [6.45, 7) is 12.2. The number of carbonyl (C=O) groups excluding carboxylic acids is 1. The molecule has 6 heteroatoms. The van der Waals surface area contributed by atoms with Crippen LogP contribution in [0.2, 0.25) is 0 Å². The molecule has 0 amide bonds. The van der Waals surface area contributed by atoms with Crippen molar-refractivity contribution < 1.29 is 9.53 Å². The number of ether oxygens (including phenoxy) is 1. The van der Waals surface area contributed by atoms with Crippen molar-refractivity contribution >= 4 is 5.97 Å². The van der Waals surface area contributed by atoms with E-state index in [9.17, 15) is 4.79 Å². The lowest BCUT2D eigenvalue weighted by Gasteiger charge is -2.29. The van der Waals surface area contributed by atoms with Gasteiger partial charge < -0.3 is 10.5 Å². The molecule has 0 aliphatic rings. The van der Waals surface area contributed by atoms with Crippen molar-refractivity contribution in [3.05, 3.63) is 58.7 Å². The van der Waals surface area contributed by atoms with Gasteiger partial charge in [0, 0.05) is 44.5 Å². The van der Waals surface area contributed by atoms with Crippen LogP contribution >= 0.6 is 0 Å². The lowest BCUT2D eigenvalue weighted by Crippen LogP contribution is -2.31. The molecule has 2 heterocycles. The standard InChI is InChI=1S/C22H32N4O2/c1-16-12-17(2)20(25-13-16)14-26(11-7-9-23)15-21-19(8-6-10-24-21)22(4,5)28-18(3)27/h6,8,10,12-13H,7,9,11,14-15,23H2,1-5H3. The van der Waals surface area contributed by atoms with E-state index in [-0.39, 0.29) is 5.97 Å². The summed E-state index contributed by atoms with van der Waals surface area (Å²) in [5.41, 5.74) is 10.2. The van der Waals surface area contributed by atoms with Gasteiger partial charge in [-0.05, 0) is 57.9 Å². The van der Waals surface area contributed by atoms with Crippen molar-refractivity contribution in [3.63, 3.8) is 0 Å². The number of rotatable bonds is 9. The summed E-state index contributed by atoms with van der Waals surface area (Å²) in [7, 11) is 0. The number of hydrogen-bond donors (Lipinski definition) is 1. The highest BCUT2D eigenvalue weighted by Gasteiger charge is 2.28. The summed E-state index contributed by atoms with van der Waals surface area (Å²) < 4.78 is 5.55. The van der Waals surface area contributed by atoms with Gasteiger partial charge in [-0.15, -0.1) is 0 Å². The minimum Gasteiger partial charge on any atom is -0.455 e. The molecule has 0 aromatic carbocycles. The molecule has 2 N–H and O–H groups in total. The van der Waals surface area contributed by atoms with E-state index >= 15 is 0 Å². The molecule has 0 aliphatic carbocycles. The summed E-state index contributed by atoms with van der Waals surface area (Å²) in [4.78, 5) is 23.0. The molecule has 0 saturated heterocycles. The van der Waals surface area contributed by atoms with Gasteiger partial charge in [-0.1, -0.05) is 12.1 Å². The molecule has 0 atom stereocenters. The number of hydrogen-bond acceptors (Lipinski definition) is 6. The Morgan fingerprint density at radius 2 is 1.93 bits per heavy atom. The Morgan fingerprint density at radius 3 is 2.57 bits per heavy atom. The predicted molar refractivity (Wildman–Crippen MR) is 111 cm³/mol. The summed E-state index contributed by atoms with van der Waals surface area (Å²) >= 11 is 0. The maximum absolute atomic E-state index is 11.5. The molecule has 28 heavy (non-hydrogen) atoms. The number of aromatic nitrogens is 2. The van der Waals surface area contributed by atoms with Gasteiger partial charge in [0.1, 0.15) is 5.60 Å². The van der Waals surface area contributed by atoms with E-state index in [2.05, 4.69) is 27.9 Å². The maximum atomic E-state index is 11.5. The van der Waals surface area contributed by atoms with Crippen LogP contribution in [0.15, 0.2) is 30.6 Å². The molecule has 0 saturated carbocycles. The zero-order chi connectivity index (χ0) is 20.7. The fraction of sp³-hybridized carbons (Fsp3) is 0.500. The molecule has 2 rings (SSSR count).